The first-order valence-corrected chi connectivity index (χ1v) is 8.62. The monoisotopic (exact) mass is 395 g/mol. The fourth-order valence-electron chi connectivity index (χ4n) is 3.28. The highest BCUT2D eigenvalue weighted by Crippen LogP contribution is 2.24. The largest absolute Gasteiger partial charge is 0.399 e. The minimum atomic E-state index is 0. The van der Waals surface area contributed by atoms with Crippen LogP contribution in [0.5, 0.6) is 0 Å². The minimum Gasteiger partial charge on any atom is -0.399 e. The van der Waals surface area contributed by atoms with E-state index in [9.17, 15) is 4.79 Å². The number of benzene rings is 2. The van der Waals surface area contributed by atoms with Crippen LogP contribution in [0.3, 0.4) is 0 Å². The Hall–Kier alpha value is -1.75. The van der Waals surface area contributed by atoms with Crippen LogP contribution in [0.1, 0.15) is 30.0 Å². The molecule has 4 nitrogen and oxygen atoms in total. The number of rotatable bonds is 6. The molecular weight excluding hydrogens is 369 g/mol. The molecule has 0 radical (unpaired) electrons. The van der Waals surface area contributed by atoms with Gasteiger partial charge in [0.05, 0.1) is 12.5 Å². The first-order chi connectivity index (χ1) is 11.7. The molecule has 2 aromatic carbocycles. The quantitative estimate of drug-likeness (QED) is 0.734. The van der Waals surface area contributed by atoms with Gasteiger partial charge in [0.2, 0.25) is 5.91 Å². The molecule has 0 aromatic heterocycles. The molecular formula is C20H27Cl2N3O. The molecule has 0 aliphatic carbocycles. The van der Waals surface area contributed by atoms with Gasteiger partial charge in [0.25, 0.3) is 0 Å². The molecule has 1 aliphatic heterocycles. The van der Waals surface area contributed by atoms with Gasteiger partial charge >= 0.3 is 0 Å². The summed E-state index contributed by atoms with van der Waals surface area (Å²) < 4.78 is 0. The van der Waals surface area contributed by atoms with Gasteiger partial charge in [0, 0.05) is 12.2 Å². The van der Waals surface area contributed by atoms with Crippen molar-refractivity contribution in [2.75, 3.05) is 25.4 Å². The summed E-state index contributed by atoms with van der Waals surface area (Å²) in [6.07, 6.45) is 2.87. The van der Waals surface area contributed by atoms with Gasteiger partial charge in [0.1, 0.15) is 0 Å². The van der Waals surface area contributed by atoms with Gasteiger partial charge in [-0.2, -0.15) is 0 Å². The second-order valence-corrected chi connectivity index (χ2v) is 6.39. The average molecular weight is 396 g/mol. The number of amides is 1. The summed E-state index contributed by atoms with van der Waals surface area (Å²) in [5.41, 5.74) is 8.66. The van der Waals surface area contributed by atoms with Crippen molar-refractivity contribution in [3.05, 3.63) is 65.7 Å². The van der Waals surface area contributed by atoms with Gasteiger partial charge in [-0.3, -0.25) is 9.69 Å². The predicted molar refractivity (Wildman–Crippen MR) is 112 cm³/mol. The highest BCUT2D eigenvalue weighted by atomic mass is 35.5. The fraction of sp³-hybridized carbons (Fsp3) is 0.350. The first-order valence-electron chi connectivity index (χ1n) is 8.62. The molecule has 1 amide bonds. The van der Waals surface area contributed by atoms with Gasteiger partial charge in [-0.25, -0.2) is 0 Å². The van der Waals surface area contributed by atoms with E-state index in [4.69, 9.17) is 5.73 Å². The number of hydrogen-bond acceptors (Lipinski definition) is 3. The number of halogens is 2. The van der Waals surface area contributed by atoms with Crippen molar-refractivity contribution in [1.82, 2.24) is 10.2 Å². The van der Waals surface area contributed by atoms with Gasteiger partial charge < -0.3 is 11.1 Å². The summed E-state index contributed by atoms with van der Waals surface area (Å²) in [6, 6.07) is 18.2. The number of nitrogens with zero attached hydrogens (tertiary/aromatic N) is 1. The zero-order valence-electron chi connectivity index (χ0n) is 14.8. The van der Waals surface area contributed by atoms with Crippen LogP contribution in [0.15, 0.2) is 54.6 Å². The lowest BCUT2D eigenvalue weighted by Crippen LogP contribution is -2.37. The van der Waals surface area contributed by atoms with E-state index in [0.717, 1.165) is 24.3 Å². The smallest absolute Gasteiger partial charge is 0.224 e. The van der Waals surface area contributed by atoms with E-state index in [1.165, 1.54) is 18.4 Å². The van der Waals surface area contributed by atoms with E-state index in [0.29, 0.717) is 13.0 Å². The SMILES string of the molecule is Cl.Cl.Nc1ccc(CC(=O)NCC(c2ccccc2)N2CCCC2)cc1. The lowest BCUT2D eigenvalue weighted by atomic mass is 10.1. The second kappa shape index (κ2) is 11.1. The topological polar surface area (TPSA) is 58.4 Å². The molecule has 1 heterocycles. The van der Waals surface area contributed by atoms with Gasteiger partial charge in [-0.05, 0) is 49.2 Å². The Morgan fingerprint density at radius 2 is 1.62 bits per heavy atom. The summed E-state index contributed by atoms with van der Waals surface area (Å²) in [6.45, 7) is 2.86. The van der Waals surface area contributed by atoms with Crippen molar-refractivity contribution in [2.45, 2.75) is 25.3 Å². The first kappa shape index (κ1) is 22.3. The third-order valence-electron chi connectivity index (χ3n) is 4.60. The average Bonchev–Trinajstić information content (AvgIpc) is 3.12. The van der Waals surface area contributed by atoms with Crippen LogP contribution in [-0.2, 0) is 11.2 Å². The molecule has 1 fully saturated rings. The maximum absolute atomic E-state index is 12.3. The molecule has 0 spiro atoms. The molecule has 1 saturated heterocycles. The number of carbonyl (C=O) groups is 1. The Balaban J connectivity index is 0.00000169. The summed E-state index contributed by atoms with van der Waals surface area (Å²) in [5, 5.41) is 3.11. The van der Waals surface area contributed by atoms with Crippen LogP contribution >= 0.6 is 24.8 Å². The van der Waals surface area contributed by atoms with E-state index in [2.05, 4.69) is 34.5 Å². The number of carbonyl (C=O) groups excluding carboxylic acids is 1. The third kappa shape index (κ3) is 6.20. The van der Waals surface area contributed by atoms with Crippen LogP contribution in [-0.4, -0.2) is 30.4 Å². The molecule has 3 rings (SSSR count). The maximum Gasteiger partial charge on any atom is 0.224 e. The summed E-state index contributed by atoms with van der Waals surface area (Å²) in [7, 11) is 0. The van der Waals surface area contributed by atoms with Crippen LogP contribution < -0.4 is 11.1 Å². The van der Waals surface area contributed by atoms with Gasteiger partial charge in [0.15, 0.2) is 0 Å². The standard InChI is InChI=1S/C20H25N3O.2ClH/c21-18-10-8-16(9-11-18)14-20(24)22-15-19(23-12-4-5-13-23)17-6-2-1-3-7-17;;/h1-3,6-11,19H,4-5,12-15,21H2,(H,22,24);2*1H. The van der Waals surface area contributed by atoms with Crippen molar-refractivity contribution < 1.29 is 4.79 Å². The van der Waals surface area contributed by atoms with Crippen molar-refractivity contribution in [1.29, 1.82) is 0 Å². The molecule has 142 valence electrons. The Labute approximate surface area is 168 Å². The van der Waals surface area contributed by atoms with Crippen LogP contribution in [0, 0.1) is 0 Å². The number of nitrogen functional groups attached to an aromatic ring is 1. The Kier molecular flexibility index (Phi) is 9.49. The summed E-state index contributed by atoms with van der Waals surface area (Å²) in [4.78, 5) is 14.8. The molecule has 0 bridgehead atoms. The van der Waals surface area contributed by atoms with E-state index in [1.807, 2.05) is 30.3 Å². The van der Waals surface area contributed by atoms with Crippen molar-refractivity contribution >= 4 is 36.4 Å². The lowest BCUT2D eigenvalue weighted by molar-refractivity contribution is -0.120. The van der Waals surface area contributed by atoms with Gasteiger partial charge in [-0.1, -0.05) is 42.5 Å². The minimum absolute atomic E-state index is 0. The number of likely N-dealkylation sites (tertiary alicyclic amines) is 1. The Bertz CT molecular complexity index is 659. The van der Waals surface area contributed by atoms with Gasteiger partial charge in [-0.15, -0.1) is 24.8 Å². The molecule has 1 atom stereocenters. The Morgan fingerprint density at radius 3 is 2.23 bits per heavy atom. The van der Waals surface area contributed by atoms with Crippen LogP contribution in [0.25, 0.3) is 0 Å². The predicted octanol–water partition coefficient (Wildman–Crippen LogP) is 3.61. The molecule has 26 heavy (non-hydrogen) atoms. The van der Waals surface area contributed by atoms with Crippen molar-refractivity contribution in [3.63, 3.8) is 0 Å². The van der Waals surface area contributed by atoms with E-state index in [1.54, 1.807) is 0 Å². The number of anilines is 1. The van der Waals surface area contributed by atoms with E-state index in [-0.39, 0.29) is 36.8 Å². The maximum atomic E-state index is 12.3. The second-order valence-electron chi connectivity index (χ2n) is 6.39. The van der Waals surface area contributed by atoms with Crippen molar-refractivity contribution in [3.8, 4) is 0 Å². The number of nitrogens with two attached hydrogens (primary N) is 1. The van der Waals surface area contributed by atoms with Crippen LogP contribution in [0.2, 0.25) is 0 Å². The zero-order chi connectivity index (χ0) is 16.8. The zero-order valence-corrected chi connectivity index (χ0v) is 16.4. The highest BCUT2D eigenvalue weighted by Gasteiger charge is 2.23. The van der Waals surface area contributed by atoms with E-state index < -0.39 is 0 Å². The molecule has 1 unspecified atom stereocenters. The number of hydrogen-bond donors (Lipinski definition) is 2. The fourth-order valence-corrected chi connectivity index (χ4v) is 3.28. The van der Waals surface area contributed by atoms with E-state index >= 15 is 0 Å². The number of nitrogens with one attached hydrogen (secondary N) is 1. The normalized spacial score (nSPS) is 14.8. The van der Waals surface area contributed by atoms with Crippen molar-refractivity contribution in [2.24, 2.45) is 0 Å². The lowest BCUT2D eigenvalue weighted by Gasteiger charge is -2.28. The van der Waals surface area contributed by atoms with Crippen LogP contribution in [0.4, 0.5) is 5.69 Å². The molecule has 6 heteroatoms. The summed E-state index contributed by atoms with van der Waals surface area (Å²) in [5.74, 6) is 0.0555. The highest BCUT2D eigenvalue weighted by molar-refractivity contribution is 5.85. The molecule has 0 saturated carbocycles. The third-order valence-corrected chi connectivity index (χ3v) is 4.60. The molecule has 2 aromatic rings. The molecule has 3 N–H and O–H groups in total. The summed E-state index contributed by atoms with van der Waals surface area (Å²) >= 11 is 0. The Morgan fingerprint density at radius 1 is 1.00 bits per heavy atom. The molecule has 1 aliphatic rings.